The van der Waals surface area contributed by atoms with Gasteiger partial charge in [0.2, 0.25) is 0 Å². The Bertz CT molecular complexity index is 815. The van der Waals surface area contributed by atoms with Gasteiger partial charge in [-0.05, 0) is 25.0 Å². The summed E-state index contributed by atoms with van der Waals surface area (Å²) in [4.78, 5) is 12.1. The third-order valence-corrected chi connectivity index (χ3v) is 3.76. The molecule has 0 bridgehead atoms. The van der Waals surface area contributed by atoms with Gasteiger partial charge in [-0.1, -0.05) is 60.7 Å². The lowest BCUT2D eigenvalue weighted by molar-refractivity contribution is 0.520. The van der Waals surface area contributed by atoms with Crippen molar-refractivity contribution in [1.82, 2.24) is 0 Å². The first-order chi connectivity index (χ1) is 10.2. The van der Waals surface area contributed by atoms with Gasteiger partial charge < -0.3 is 4.42 Å². The first-order valence-corrected chi connectivity index (χ1v) is 6.93. The summed E-state index contributed by atoms with van der Waals surface area (Å²) in [5, 5.41) is 0. The van der Waals surface area contributed by atoms with E-state index in [1.165, 1.54) is 0 Å². The van der Waals surface area contributed by atoms with Crippen molar-refractivity contribution in [3.8, 4) is 22.5 Å². The molecule has 0 aliphatic carbocycles. The van der Waals surface area contributed by atoms with Gasteiger partial charge in [0.25, 0.3) is 0 Å². The molecule has 0 atom stereocenters. The van der Waals surface area contributed by atoms with E-state index < -0.39 is 0 Å². The van der Waals surface area contributed by atoms with Crippen molar-refractivity contribution >= 4 is 0 Å². The van der Waals surface area contributed by atoms with Crippen LogP contribution in [0.15, 0.2) is 69.9 Å². The maximum atomic E-state index is 12.1. The summed E-state index contributed by atoms with van der Waals surface area (Å²) < 4.78 is 5.60. The monoisotopic (exact) mass is 276 g/mol. The molecule has 3 aromatic rings. The van der Waals surface area contributed by atoms with Crippen molar-refractivity contribution in [2.75, 3.05) is 0 Å². The van der Waals surface area contributed by atoms with Crippen LogP contribution in [-0.4, -0.2) is 0 Å². The molecule has 0 saturated heterocycles. The highest BCUT2D eigenvalue weighted by Crippen LogP contribution is 2.34. The normalized spacial score (nSPS) is 10.6. The van der Waals surface area contributed by atoms with Gasteiger partial charge >= 0.3 is 5.63 Å². The highest BCUT2D eigenvalue weighted by Gasteiger charge is 2.16. The second-order valence-corrected chi connectivity index (χ2v) is 5.08. The molecular weight excluding hydrogens is 260 g/mol. The molecule has 0 radical (unpaired) electrons. The summed E-state index contributed by atoms with van der Waals surface area (Å²) in [5.41, 5.74) is 4.31. The van der Waals surface area contributed by atoms with E-state index >= 15 is 0 Å². The Labute approximate surface area is 123 Å². The summed E-state index contributed by atoms with van der Waals surface area (Å²) in [6.07, 6.45) is 0. The third-order valence-electron chi connectivity index (χ3n) is 3.76. The lowest BCUT2D eigenvalue weighted by Gasteiger charge is -2.13. The molecule has 0 saturated carbocycles. The lowest BCUT2D eigenvalue weighted by atomic mass is 9.94. The predicted octanol–water partition coefficient (Wildman–Crippen LogP) is 4.59. The summed E-state index contributed by atoms with van der Waals surface area (Å²) in [5.74, 6) is 0.634. The molecule has 2 nitrogen and oxygen atoms in total. The molecule has 2 heteroatoms. The highest BCUT2D eigenvalue weighted by atomic mass is 16.4. The quantitative estimate of drug-likeness (QED) is 0.685. The second-order valence-electron chi connectivity index (χ2n) is 5.08. The van der Waals surface area contributed by atoms with Crippen molar-refractivity contribution < 1.29 is 4.42 Å². The molecule has 1 aromatic heterocycles. The van der Waals surface area contributed by atoms with Crippen LogP contribution in [0.5, 0.6) is 0 Å². The van der Waals surface area contributed by atoms with Crippen LogP contribution in [0.3, 0.4) is 0 Å². The van der Waals surface area contributed by atoms with Gasteiger partial charge in [-0.2, -0.15) is 0 Å². The number of rotatable bonds is 2. The first kappa shape index (κ1) is 13.4. The molecule has 0 aliphatic rings. The molecular formula is C19H16O2. The maximum Gasteiger partial charge on any atom is 0.339 e. The molecule has 0 unspecified atom stereocenters. The van der Waals surface area contributed by atoms with Crippen LogP contribution in [-0.2, 0) is 0 Å². The molecule has 2 aromatic carbocycles. The van der Waals surface area contributed by atoms with Crippen LogP contribution in [0.4, 0.5) is 0 Å². The number of benzene rings is 2. The third kappa shape index (κ3) is 2.40. The Kier molecular flexibility index (Phi) is 3.44. The largest absolute Gasteiger partial charge is 0.422 e. The fourth-order valence-corrected chi connectivity index (χ4v) is 2.48. The molecule has 0 N–H and O–H groups in total. The predicted molar refractivity (Wildman–Crippen MR) is 85.3 cm³/mol. The minimum absolute atomic E-state index is 0.272. The minimum atomic E-state index is -0.272. The molecule has 1 heterocycles. The van der Waals surface area contributed by atoms with Gasteiger partial charge in [0.1, 0.15) is 5.76 Å². The van der Waals surface area contributed by atoms with Crippen LogP contribution < -0.4 is 5.63 Å². The summed E-state index contributed by atoms with van der Waals surface area (Å²) >= 11 is 0. The second kappa shape index (κ2) is 5.41. The lowest BCUT2D eigenvalue weighted by Crippen LogP contribution is -2.08. The van der Waals surface area contributed by atoms with E-state index in [2.05, 4.69) is 0 Å². The Morgan fingerprint density at radius 3 is 1.81 bits per heavy atom. The first-order valence-electron chi connectivity index (χ1n) is 6.93. The van der Waals surface area contributed by atoms with Gasteiger partial charge in [-0.25, -0.2) is 4.79 Å². The van der Waals surface area contributed by atoms with Crippen molar-refractivity contribution in [1.29, 1.82) is 0 Å². The van der Waals surface area contributed by atoms with Crippen molar-refractivity contribution in [2.24, 2.45) is 0 Å². The van der Waals surface area contributed by atoms with E-state index in [-0.39, 0.29) is 5.63 Å². The zero-order valence-electron chi connectivity index (χ0n) is 12.1. The van der Waals surface area contributed by atoms with E-state index in [0.717, 1.165) is 22.3 Å². The van der Waals surface area contributed by atoms with Crippen LogP contribution in [0, 0.1) is 13.8 Å². The van der Waals surface area contributed by atoms with Gasteiger partial charge in [-0.3, -0.25) is 0 Å². The average Bonchev–Trinajstić information content (AvgIpc) is 2.54. The Morgan fingerprint density at radius 2 is 1.24 bits per heavy atom. The van der Waals surface area contributed by atoms with Crippen LogP contribution >= 0.6 is 0 Å². The zero-order chi connectivity index (χ0) is 14.8. The molecule has 0 aliphatic heterocycles. The van der Waals surface area contributed by atoms with Crippen LogP contribution in [0.25, 0.3) is 22.5 Å². The molecule has 0 fully saturated rings. The van der Waals surface area contributed by atoms with E-state index in [9.17, 15) is 4.79 Å². The Morgan fingerprint density at radius 1 is 0.714 bits per heavy atom. The summed E-state index contributed by atoms with van der Waals surface area (Å²) in [6, 6.07) is 19.8. The van der Waals surface area contributed by atoms with Gasteiger partial charge in [0.15, 0.2) is 0 Å². The zero-order valence-corrected chi connectivity index (χ0v) is 12.1. The van der Waals surface area contributed by atoms with E-state index in [4.69, 9.17) is 4.42 Å². The molecule has 21 heavy (non-hydrogen) atoms. The summed E-state index contributed by atoms with van der Waals surface area (Å²) in [6.45, 7) is 3.78. The molecule has 0 spiro atoms. The van der Waals surface area contributed by atoms with Gasteiger partial charge in [-0.15, -0.1) is 0 Å². The molecule has 3 rings (SSSR count). The number of hydrogen-bond donors (Lipinski definition) is 0. The van der Waals surface area contributed by atoms with Crippen LogP contribution in [0.1, 0.15) is 11.1 Å². The Hall–Kier alpha value is -2.61. The van der Waals surface area contributed by atoms with E-state index in [1.807, 2.05) is 74.5 Å². The fourth-order valence-electron chi connectivity index (χ4n) is 2.48. The average molecular weight is 276 g/mol. The SMILES string of the molecule is Cc1c(-c2ccccc2)c(-c2ccccc2)oc(=O)c1C. The minimum Gasteiger partial charge on any atom is -0.422 e. The van der Waals surface area contributed by atoms with Gasteiger partial charge in [0, 0.05) is 16.7 Å². The standard InChI is InChI=1S/C19H16O2/c1-13-14(2)19(20)21-18(16-11-7-4-8-12-16)17(13)15-9-5-3-6-10-15/h3-12H,1-2H3. The Balaban J connectivity index is 2.37. The van der Waals surface area contributed by atoms with E-state index in [1.54, 1.807) is 0 Å². The summed E-state index contributed by atoms with van der Waals surface area (Å²) in [7, 11) is 0. The highest BCUT2D eigenvalue weighted by molar-refractivity contribution is 5.82. The van der Waals surface area contributed by atoms with Crippen molar-refractivity contribution in [3.63, 3.8) is 0 Å². The molecule has 104 valence electrons. The van der Waals surface area contributed by atoms with Gasteiger partial charge in [0.05, 0.1) is 0 Å². The maximum absolute atomic E-state index is 12.1. The fraction of sp³-hybridized carbons (Fsp3) is 0.105. The molecule has 0 amide bonds. The van der Waals surface area contributed by atoms with Crippen molar-refractivity contribution in [2.45, 2.75) is 13.8 Å². The van der Waals surface area contributed by atoms with Crippen molar-refractivity contribution in [3.05, 3.63) is 82.2 Å². The smallest absolute Gasteiger partial charge is 0.339 e. The number of hydrogen-bond acceptors (Lipinski definition) is 2. The topological polar surface area (TPSA) is 30.2 Å². The van der Waals surface area contributed by atoms with Crippen LogP contribution in [0.2, 0.25) is 0 Å². The van der Waals surface area contributed by atoms with E-state index in [0.29, 0.717) is 11.3 Å².